The van der Waals surface area contributed by atoms with Gasteiger partial charge in [0.05, 0.1) is 13.2 Å². The highest BCUT2D eigenvalue weighted by molar-refractivity contribution is 5.81. The van der Waals surface area contributed by atoms with Crippen molar-refractivity contribution in [3.8, 4) is 0 Å². The van der Waals surface area contributed by atoms with E-state index in [1.54, 1.807) is 6.92 Å². The molecule has 0 aromatic rings. The van der Waals surface area contributed by atoms with Crippen molar-refractivity contribution >= 4 is 5.97 Å². The van der Waals surface area contributed by atoms with Crippen molar-refractivity contribution in [2.75, 3.05) is 32.9 Å². The van der Waals surface area contributed by atoms with E-state index in [1.165, 1.54) is 0 Å². The van der Waals surface area contributed by atoms with E-state index in [2.05, 4.69) is 15.3 Å². The summed E-state index contributed by atoms with van der Waals surface area (Å²) in [4.78, 5) is 14.5. The fraction of sp³-hybridized carbons (Fsp3) is 0.900. The summed E-state index contributed by atoms with van der Waals surface area (Å²) in [6.45, 7) is 4.06. The third-order valence-electron chi connectivity index (χ3n) is 2.65. The first-order valence-electron chi connectivity index (χ1n) is 5.76. The molecule has 0 bridgehead atoms. The van der Waals surface area contributed by atoms with E-state index < -0.39 is 5.54 Å². The predicted octanol–water partition coefficient (Wildman–Crippen LogP) is 0.999. The number of carbonyl (C=O) groups is 1. The Morgan fingerprint density at radius 2 is 2.53 bits per heavy atom. The van der Waals surface area contributed by atoms with E-state index in [4.69, 9.17) is 15.0 Å². The van der Waals surface area contributed by atoms with Crippen LogP contribution in [0.4, 0.5) is 0 Å². The number of rotatable bonds is 7. The SMILES string of the molecule is CCOC(=O)C1(NCCCN=[N+]=[N-])CCOC1. The van der Waals surface area contributed by atoms with Crippen LogP contribution >= 0.6 is 0 Å². The van der Waals surface area contributed by atoms with E-state index >= 15 is 0 Å². The molecule has 7 heteroatoms. The summed E-state index contributed by atoms with van der Waals surface area (Å²) in [5.74, 6) is -0.263. The lowest BCUT2D eigenvalue weighted by Crippen LogP contribution is -2.54. The van der Waals surface area contributed by atoms with Crippen LogP contribution in [-0.4, -0.2) is 44.4 Å². The van der Waals surface area contributed by atoms with Crippen molar-refractivity contribution in [1.82, 2.24) is 5.32 Å². The molecule has 0 radical (unpaired) electrons. The van der Waals surface area contributed by atoms with Crippen molar-refractivity contribution in [3.05, 3.63) is 10.4 Å². The largest absolute Gasteiger partial charge is 0.465 e. The number of ether oxygens (including phenoxy) is 2. The summed E-state index contributed by atoms with van der Waals surface area (Å²) in [5.41, 5.74) is 7.41. The van der Waals surface area contributed by atoms with Crippen molar-refractivity contribution in [2.24, 2.45) is 5.11 Å². The minimum atomic E-state index is -0.716. The van der Waals surface area contributed by atoms with Gasteiger partial charge in [0.2, 0.25) is 0 Å². The average Bonchev–Trinajstić information content (AvgIpc) is 2.79. The highest BCUT2D eigenvalue weighted by Gasteiger charge is 2.43. The maximum absolute atomic E-state index is 11.8. The van der Waals surface area contributed by atoms with Crippen LogP contribution in [0, 0.1) is 0 Å². The van der Waals surface area contributed by atoms with Gasteiger partial charge in [0.25, 0.3) is 0 Å². The van der Waals surface area contributed by atoms with Gasteiger partial charge in [-0.05, 0) is 25.4 Å². The van der Waals surface area contributed by atoms with Crippen molar-refractivity contribution in [3.63, 3.8) is 0 Å². The second-order valence-electron chi connectivity index (χ2n) is 3.84. The summed E-state index contributed by atoms with van der Waals surface area (Å²) in [5, 5.41) is 6.59. The van der Waals surface area contributed by atoms with E-state index in [0.717, 1.165) is 0 Å². The van der Waals surface area contributed by atoms with E-state index in [-0.39, 0.29) is 5.97 Å². The second kappa shape index (κ2) is 7.11. The smallest absolute Gasteiger partial charge is 0.328 e. The Balaban J connectivity index is 2.42. The molecule has 1 unspecified atom stereocenters. The predicted molar refractivity (Wildman–Crippen MR) is 61.4 cm³/mol. The molecule has 1 aliphatic rings. The first kappa shape index (κ1) is 13.8. The normalized spacial score (nSPS) is 23.1. The van der Waals surface area contributed by atoms with Gasteiger partial charge in [0.15, 0.2) is 0 Å². The number of hydrogen-bond donors (Lipinski definition) is 1. The minimum absolute atomic E-state index is 0.263. The van der Waals surface area contributed by atoms with Gasteiger partial charge in [-0.15, -0.1) is 0 Å². The van der Waals surface area contributed by atoms with Gasteiger partial charge in [0, 0.05) is 24.5 Å². The number of azide groups is 1. The molecule has 1 atom stereocenters. The molecule has 0 saturated carbocycles. The van der Waals surface area contributed by atoms with Gasteiger partial charge in [0.1, 0.15) is 5.54 Å². The standard InChI is InChI=1S/C10H18N4O3/c1-2-17-9(15)10(4-7-16-8-10)12-5-3-6-13-14-11/h12H,2-8H2,1H3. The molecule has 0 amide bonds. The molecule has 1 fully saturated rings. The molecule has 0 aromatic carbocycles. The molecule has 7 nitrogen and oxygen atoms in total. The Bertz CT molecular complexity index is 296. The second-order valence-corrected chi connectivity index (χ2v) is 3.84. The molecule has 1 aliphatic heterocycles. The van der Waals surface area contributed by atoms with Gasteiger partial charge in [-0.3, -0.25) is 5.32 Å². The zero-order valence-electron chi connectivity index (χ0n) is 10.0. The number of hydrogen-bond acceptors (Lipinski definition) is 5. The maximum Gasteiger partial charge on any atom is 0.328 e. The number of carbonyl (C=O) groups excluding carboxylic acids is 1. The minimum Gasteiger partial charge on any atom is -0.465 e. The van der Waals surface area contributed by atoms with Crippen molar-refractivity contribution < 1.29 is 14.3 Å². The van der Waals surface area contributed by atoms with Crippen molar-refractivity contribution in [1.29, 1.82) is 0 Å². The van der Waals surface area contributed by atoms with Crippen LogP contribution in [0.3, 0.4) is 0 Å². The molecule has 0 spiro atoms. The maximum atomic E-state index is 11.8. The Morgan fingerprint density at radius 1 is 1.71 bits per heavy atom. The van der Waals surface area contributed by atoms with E-state index in [1.807, 2.05) is 0 Å². The van der Waals surface area contributed by atoms with Crippen LogP contribution in [0.1, 0.15) is 19.8 Å². The summed E-state index contributed by atoms with van der Waals surface area (Å²) in [7, 11) is 0. The monoisotopic (exact) mass is 242 g/mol. The van der Waals surface area contributed by atoms with Crippen LogP contribution in [0.5, 0.6) is 0 Å². The Hall–Kier alpha value is -1.30. The summed E-state index contributed by atoms with van der Waals surface area (Å²) in [6, 6.07) is 0. The lowest BCUT2D eigenvalue weighted by Gasteiger charge is -2.26. The zero-order valence-corrected chi connectivity index (χ0v) is 10.0. The van der Waals surface area contributed by atoms with Crippen LogP contribution in [0.25, 0.3) is 10.4 Å². The van der Waals surface area contributed by atoms with Gasteiger partial charge >= 0.3 is 5.97 Å². The summed E-state index contributed by atoms with van der Waals surface area (Å²) in [6.07, 6.45) is 1.30. The van der Waals surface area contributed by atoms with Crippen molar-refractivity contribution in [2.45, 2.75) is 25.3 Å². The highest BCUT2D eigenvalue weighted by Crippen LogP contribution is 2.20. The van der Waals surface area contributed by atoms with Crippen LogP contribution in [0.2, 0.25) is 0 Å². The molecular formula is C10H18N4O3. The first-order valence-corrected chi connectivity index (χ1v) is 5.76. The average molecular weight is 242 g/mol. The van der Waals surface area contributed by atoms with Gasteiger partial charge < -0.3 is 9.47 Å². The molecule has 1 heterocycles. The zero-order chi connectivity index (χ0) is 12.6. The number of esters is 1. The van der Waals surface area contributed by atoms with Crippen LogP contribution in [-0.2, 0) is 14.3 Å². The fourth-order valence-corrected chi connectivity index (χ4v) is 1.73. The van der Waals surface area contributed by atoms with Crippen LogP contribution in [0.15, 0.2) is 5.11 Å². The Morgan fingerprint density at radius 3 is 3.12 bits per heavy atom. The fourth-order valence-electron chi connectivity index (χ4n) is 1.73. The Labute approximate surface area is 100 Å². The van der Waals surface area contributed by atoms with Gasteiger partial charge in [-0.1, -0.05) is 5.11 Å². The first-order chi connectivity index (χ1) is 8.25. The number of nitrogens with zero attached hydrogens (tertiary/aromatic N) is 3. The lowest BCUT2D eigenvalue weighted by atomic mass is 9.99. The van der Waals surface area contributed by atoms with Gasteiger partial charge in [-0.2, -0.15) is 0 Å². The molecule has 1 N–H and O–H groups in total. The molecule has 1 rings (SSSR count). The molecule has 17 heavy (non-hydrogen) atoms. The highest BCUT2D eigenvalue weighted by atomic mass is 16.5. The third kappa shape index (κ3) is 3.89. The third-order valence-corrected chi connectivity index (χ3v) is 2.65. The number of nitrogens with one attached hydrogen (secondary N) is 1. The molecule has 1 saturated heterocycles. The topological polar surface area (TPSA) is 96.3 Å². The van der Waals surface area contributed by atoms with Gasteiger partial charge in [-0.25, -0.2) is 4.79 Å². The summed E-state index contributed by atoms with van der Waals surface area (Å²) >= 11 is 0. The van der Waals surface area contributed by atoms with E-state index in [9.17, 15) is 4.79 Å². The Kier molecular flexibility index (Phi) is 5.76. The molecular weight excluding hydrogens is 224 g/mol. The molecule has 0 aliphatic carbocycles. The summed E-state index contributed by atoms with van der Waals surface area (Å²) < 4.78 is 10.3. The van der Waals surface area contributed by atoms with Crippen LogP contribution < -0.4 is 5.32 Å². The van der Waals surface area contributed by atoms with E-state index in [0.29, 0.717) is 45.8 Å². The molecule has 0 aromatic heterocycles. The lowest BCUT2D eigenvalue weighted by molar-refractivity contribution is -0.151. The molecule has 96 valence electrons. The quantitative estimate of drug-likeness (QED) is 0.237.